The minimum atomic E-state index is -0.124. The van der Waals surface area contributed by atoms with Gasteiger partial charge in [0.2, 0.25) is 0 Å². The zero-order valence-electron chi connectivity index (χ0n) is 11.6. The number of hydrogen-bond donors (Lipinski definition) is 0. The van der Waals surface area contributed by atoms with Crippen LogP contribution in [0.25, 0.3) is 0 Å². The molecule has 1 heterocycles. The summed E-state index contributed by atoms with van der Waals surface area (Å²) < 4.78 is 13.3. The Morgan fingerprint density at radius 2 is 2.20 bits per heavy atom. The van der Waals surface area contributed by atoms with Crippen molar-refractivity contribution in [2.75, 3.05) is 19.6 Å². The highest BCUT2D eigenvalue weighted by molar-refractivity contribution is 5.28. The summed E-state index contributed by atoms with van der Waals surface area (Å²) >= 11 is 0. The van der Waals surface area contributed by atoms with Crippen molar-refractivity contribution in [3.8, 4) is 0 Å². The molecule has 1 saturated heterocycles. The van der Waals surface area contributed by atoms with Gasteiger partial charge in [-0.3, -0.25) is 4.90 Å². The largest absolute Gasteiger partial charge is 0.298 e. The van der Waals surface area contributed by atoms with Gasteiger partial charge in [0, 0.05) is 13.1 Å². The van der Waals surface area contributed by atoms with Gasteiger partial charge >= 0.3 is 0 Å². The Bertz CT molecular complexity index is 556. The molecule has 1 aromatic rings. The van der Waals surface area contributed by atoms with E-state index < -0.39 is 0 Å². The van der Waals surface area contributed by atoms with Gasteiger partial charge < -0.3 is 0 Å². The first-order valence-electron chi connectivity index (χ1n) is 7.31. The predicted octanol–water partition coefficient (Wildman–Crippen LogP) is 4.06. The third-order valence-corrected chi connectivity index (χ3v) is 4.07. The second-order valence-corrected chi connectivity index (χ2v) is 5.58. The third kappa shape index (κ3) is 3.26. The molecule has 1 atom stereocenters. The fraction of sp³-hybridized carbons (Fsp3) is 0.333. The molecule has 20 heavy (non-hydrogen) atoms. The molecule has 2 heteroatoms. The molecule has 0 bridgehead atoms. The van der Waals surface area contributed by atoms with E-state index in [4.69, 9.17) is 0 Å². The molecule has 1 aromatic carbocycles. The van der Waals surface area contributed by atoms with Crippen molar-refractivity contribution in [1.82, 2.24) is 4.90 Å². The van der Waals surface area contributed by atoms with Crippen LogP contribution < -0.4 is 0 Å². The first-order valence-corrected chi connectivity index (χ1v) is 7.31. The summed E-state index contributed by atoms with van der Waals surface area (Å²) in [5.41, 5.74) is 2.52. The molecule has 0 radical (unpaired) electrons. The molecule has 0 N–H and O–H groups in total. The van der Waals surface area contributed by atoms with Crippen LogP contribution in [0.3, 0.4) is 0 Å². The molecular weight excluding hydrogens is 249 g/mol. The van der Waals surface area contributed by atoms with E-state index in [2.05, 4.69) is 35.3 Å². The van der Waals surface area contributed by atoms with Crippen molar-refractivity contribution in [3.63, 3.8) is 0 Å². The Balaban J connectivity index is 1.61. The lowest BCUT2D eigenvalue weighted by molar-refractivity contribution is 0.366. The van der Waals surface area contributed by atoms with Crippen LogP contribution in [0.5, 0.6) is 0 Å². The number of nitrogens with zero attached hydrogens (tertiary/aromatic N) is 1. The summed E-state index contributed by atoms with van der Waals surface area (Å²) in [4.78, 5) is 2.47. The van der Waals surface area contributed by atoms with Crippen molar-refractivity contribution in [2.24, 2.45) is 0 Å². The lowest BCUT2D eigenvalue weighted by Crippen LogP contribution is -2.22. The molecule has 0 aromatic heterocycles. The lowest BCUT2D eigenvalue weighted by Gasteiger charge is -2.17. The fourth-order valence-corrected chi connectivity index (χ4v) is 3.01. The fourth-order valence-electron chi connectivity index (χ4n) is 3.01. The normalized spacial score (nSPS) is 22.9. The van der Waals surface area contributed by atoms with E-state index in [1.807, 2.05) is 12.1 Å². The second kappa shape index (κ2) is 6.19. The van der Waals surface area contributed by atoms with Crippen LogP contribution >= 0.6 is 0 Å². The van der Waals surface area contributed by atoms with Gasteiger partial charge in [0.1, 0.15) is 5.82 Å². The highest BCUT2D eigenvalue weighted by Crippen LogP contribution is 2.28. The van der Waals surface area contributed by atoms with Crippen LogP contribution in [0, 0.1) is 5.82 Å². The number of allylic oxidation sites excluding steroid dienone is 4. The van der Waals surface area contributed by atoms with E-state index in [1.54, 1.807) is 6.07 Å². The molecule has 0 unspecified atom stereocenters. The van der Waals surface area contributed by atoms with Crippen molar-refractivity contribution in [1.29, 1.82) is 0 Å². The van der Waals surface area contributed by atoms with Crippen molar-refractivity contribution in [2.45, 2.75) is 18.8 Å². The molecule has 1 nitrogen and oxygen atoms in total. The van der Waals surface area contributed by atoms with Gasteiger partial charge in [-0.05, 0) is 48.6 Å². The van der Waals surface area contributed by atoms with E-state index in [0.717, 1.165) is 38.0 Å². The van der Waals surface area contributed by atoms with Crippen LogP contribution in [0.1, 0.15) is 24.3 Å². The Morgan fingerprint density at radius 1 is 1.25 bits per heavy atom. The maximum Gasteiger partial charge on any atom is 0.123 e. The monoisotopic (exact) mass is 269 g/mol. The van der Waals surface area contributed by atoms with Gasteiger partial charge in [-0.15, -0.1) is 0 Å². The molecule has 0 amide bonds. The average Bonchev–Trinajstić information content (AvgIpc) is 2.75. The zero-order chi connectivity index (χ0) is 13.8. The highest BCUT2D eigenvalue weighted by atomic mass is 19.1. The Kier molecular flexibility index (Phi) is 4.12. The van der Waals surface area contributed by atoms with E-state index in [9.17, 15) is 4.39 Å². The van der Waals surface area contributed by atoms with Gasteiger partial charge in [0.15, 0.2) is 0 Å². The number of hydrogen-bond acceptors (Lipinski definition) is 1. The molecule has 1 aliphatic heterocycles. The van der Waals surface area contributed by atoms with E-state index in [1.165, 1.54) is 11.6 Å². The molecular formula is C18H20FN. The molecule has 104 valence electrons. The summed E-state index contributed by atoms with van der Waals surface area (Å²) in [6.45, 7) is 3.13. The van der Waals surface area contributed by atoms with Crippen molar-refractivity contribution in [3.05, 3.63) is 71.6 Å². The van der Waals surface area contributed by atoms with Gasteiger partial charge in [-0.2, -0.15) is 0 Å². The van der Waals surface area contributed by atoms with E-state index in [0.29, 0.717) is 5.92 Å². The average molecular weight is 269 g/mol. The highest BCUT2D eigenvalue weighted by Gasteiger charge is 2.24. The first kappa shape index (κ1) is 13.3. The van der Waals surface area contributed by atoms with Crippen molar-refractivity contribution >= 4 is 0 Å². The number of benzene rings is 1. The smallest absolute Gasteiger partial charge is 0.123 e. The first-order chi connectivity index (χ1) is 9.81. The summed E-state index contributed by atoms with van der Waals surface area (Å²) in [6.07, 6.45) is 13.0. The zero-order valence-corrected chi connectivity index (χ0v) is 11.6. The van der Waals surface area contributed by atoms with Crippen molar-refractivity contribution < 1.29 is 4.39 Å². The predicted molar refractivity (Wildman–Crippen MR) is 81.2 cm³/mol. The Morgan fingerprint density at radius 3 is 3.10 bits per heavy atom. The maximum absolute atomic E-state index is 13.3. The lowest BCUT2D eigenvalue weighted by atomic mass is 9.98. The Labute approximate surface area is 120 Å². The van der Waals surface area contributed by atoms with Gasteiger partial charge in [0.05, 0.1) is 0 Å². The standard InChI is InChI=1S/C18H20FN/c19-18-9-5-8-16(12-18)17-10-11-20(14-17)13-15-6-3-1-2-4-7-15/h1-3,5-9,12,17H,4,10-11,13-14H2/t17-/m1/s1. The van der Waals surface area contributed by atoms with Crippen LogP contribution in [0.4, 0.5) is 4.39 Å². The topological polar surface area (TPSA) is 3.24 Å². The van der Waals surface area contributed by atoms with Crippen LogP contribution in [-0.2, 0) is 0 Å². The second-order valence-electron chi connectivity index (χ2n) is 5.58. The van der Waals surface area contributed by atoms with Crippen LogP contribution in [-0.4, -0.2) is 24.5 Å². The molecule has 0 spiro atoms. The summed E-state index contributed by atoms with van der Waals surface area (Å²) in [7, 11) is 0. The van der Waals surface area contributed by atoms with E-state index in [-0.39, 0.29) is 5.82 Å². The quantitative estimate of drug-likeness (QED) is 0.800. The Hall–Kier alpha value is -1.67. The molecule has 3 rings (SSSR count). The molecule has 0 saturated carbocycles. The molecule has 1 fully saturated rings. The minimum Gasteiger partial charge on any atom is -0.298 e. The summed E-state index contributed by atoms with van der Waals surface area (Å²) in [6, 6.07) is 7.06. The number of rotatable bonds is 3. The van der Waals surface area contributed by atoms with Gasteiger partial charge in [-0.25, -0.2) is 4.39 Å². The SMILES string of the molecule is Fc1cccc([C@@H]2CCN(CC3=CCC=CC=C3)C2)c1. The summed E-state index contributed by atoms with van der Waals surface area (Å²) in [5, 5.41) is 0. The van der Waals surface area contributed by atoms with Crippen LogP contribution in [0.2, 0.25) is 0 Å². The molecule has 1 aliphatic carbocycles. The minimum absolute atomic E-state index is 0.124. The van der Waals surface area contributed by atoms with Crippen LogP contribution in [0.15, 0.2) is 60.2 Å². The summed E-state index contributed by atoms with van der Waals surface area (Å²) in [5.74, 6) is 0.348. The maximum atomic E-state index is 13.3. The van der Waals surface area contributed by atoms with Gasteiger partial charge in [-0.1, -0.05) is 42.5 Å². The van der Waals surface area contributed by atoms with Gasteiger partial charge in [0.25, 0.3) is 0 Å². The number of likely N-dealkylation sites (tertiary alicyclic amines) is 1. The third-order valence-electron chi connectivity index (χ3n) is 4.07. The molecule has 2 aliphatic rings. The number of halogens is 1. The van der Waals surface area contributed by atoms with E-state index >= 15 is 0 Å².